The van der Waals surface area contributed by atoms with Gasteiger partial charge in [-0.1, -0.05) is 12.1 Å². The van der Waals surface area contributed by atoms with Crippen LogP contribution in [0.15, 0.2) is 24.3 Å². The molecule has 2 aliphatic heterocycles. The Bertz CT molecular complexity index is 846. The molecule has 4 rings (SSSR count). The second-order valence-electron chi connectivity index (χ2n) is 6.99. The number of likely N-dealkylation sites (tertiary alicyclic amines) is 1. The number of aryl methyl sites for hydroxylation is 1. The number of carbonyl (C=O) groups is 2. The average Bonchev–Trinajstić information content (AvgIpc) is 3.14. The lowest BCUT2D eigenvalue weighted by Gasteiger charge is -2.33. The number of carbonyl (C=O) groups excluding carboxylic acids is 1. The third kappa shape index (κ3) is 2.50. The lowest BCUT2D eigenvalue weighted by Crippen LogP contribution is -2.45. The van der Waals surface area contributed by atoms with Crippen molar-refractivity contribution >= 4 is 22.9 Å². The molecule has 3 heterocycles. The van der Waals surface area contributed by atoms with Crippen LogP contribution in [-0.4, -0.2) is 57.7 Å². The topological polar surface area (TPSA) is 84.7 Å². The molecule has 2 saturated heterocycles. The molecule has 25 heavy (non-hydrogen) atoms. The fourth-order valence-corrected chi connectivity index (χ4v) is 4.12. The molecule has 2 aliphatic rings. The first-order valence-electron chi connectivity index (χ1n) is 8.52. The van der Waals surface area contributed by atoms with Gasteiger partial charge in [0.15, 0.2) is 0 Å². The number of imidazole rings is 1. The van der Waals surface area contributed by atoms with E-state index in [-0.39, 0.29) is 24.9 Å². The molecule has 0 radical (unpaired) electrons. The Morgan fingerprint density at radius 1 is 1.40 bits per heavy atom. The summed E-state index contributed by atoms with van der Waals surface area (Å²) >= 11 is 0. The van der Waals surface area contributed by atoms with Crippen LogP contribution in [0.4, 0.5) is 0 Å². The molecule has 1 aromatic heterocycles. The van der Waals surface area contributed by atoms with Gasteiger partial charge in [0.1, 0.15) is 12.4 Å². The number of para-hydroxylation sites is 2. The van der Waals surface area contributed by atoms with Gasteiger partial charge in [-0.15, -0.1) is 0 Å². The van der Waals surface area contributed by atoms with Gasteiger partial charge in [0.05, 0.1) is 23.1 Å². The number of carboxylic acids is 1. The molecule has 132 valence electrons. The maximum atomic E-state index is 12.9. The lowest BCUT2D eigenvalue weighted by atomic mass is 9.74. The summed E-state index contributed by atoms with van der Waals surface area (Å²) in [6, 6.07) is 7.71. The summed E-state index contributed by atoms with van der Waals surface area (Å²) < 4.78 is 7.35. The first kappa shape index (κ1) is 16.1. The average molecular weight is 343 g/mol. The van der Waals surface area contributed by atoms with Crippen molar-refractivity contribution in [1.82, 2.24) is 14.5 Å². The van der Waals surface area contributed by atoms with E-state index in [2.05, 4.69) is 4.98 Å². The Labute approximate surface area is 145 Å². The largest absolute Gasteiger partial charge is 0.481 e. The van der Waals surface area contributed by atoms with Gasteiger partial charge in [0, 0.05) is 25.6 Å². The number of aromatic nitrogens is 2. The molecule has 0 bridgehead atoms. The van der Waals surface area contributed by atoms with E-state index in [0.717, 1.165) is 16.9 Å². The number of hydrogen-bond donors (Lipinski definition) is 1. The van der Waals surface area contributed by atoms with E-state index in [4.69, 9.17) is 4.74 Å². The minimum Gasteiger partial charge on any atom is -0.481 e. The normalized spacial score (nSPS) is 26.0. The van der Waals surface area contributed by atoms with Gasteiger partial charge < -0.3 is 19.3 Å². The predicted octanol–water partition coefficient (Wildman–Crippen LogP) is 1.29. The fraction of sp³-hybridized carbons (Fsp3) is 0.500. The van der Waals surface area contributed by atoms with Crippen LogP contribution >= 0.6 is 0 Å². The summed E-state index contributed by atoms with van der Waals surface area (Å²) in [7, 11) is 0. The molecule has 2 fully saturated rings. The molecular weight excluding hydrogens is 322 g/mol. The number of carboxylic acid groups (broad SMARTS) is 1. The number of aliphatic carboxylic acids is 1. The SMILES string of the molecule is Cc1nc2ccccc2n1CC(=O)N1C[C@@H]2COCC[C@]2(C(=O)O)C1. The number of fused-ring (bicyclic) bond motifs is 2. The van der Waals surface area contributed by atoms with Crippen molar-refractivity contribution in [2.24, 2.45) is 11.3 Å². The van der Waals surface area contributed by atoms with Crippen LogP contribution in [0.1, 0.15) is 12.2 Å². The molecular formula is C18H21N3O4. The van der Waals surface area contributed by atoms with Crippen LogP contribution in [-0.2, 0) is 20.9 Å². The second kappa shape index (κ2) is 5.84. The molecule has 1 amide bonds. The van der Waals surface area contributed by atoms with Crippen LogP contribution in [0, 0.1) is 18.3 Å². The summed E-state index contributed by atoms with van der Waals surface area (Å²) in [5, 5.41) is 9.73. The number of nitrogens with zero attached hydrogens (tertiary/aromatic N) is 3. The second-order valence-corrected chi connectivity index (χ2v) is 6.99. The number of ether oxygens (including phenoxy) is 1. The van der Waals surface area contributed by atoms with E-state index in [1.54, 1.807) is 4.90 Å². The number of hydrogen-bond acceptors (Lipinski definition) is 4. The van der Waals surface area contributed by atoms with Crippen molar-refractivity contribution in [3.8, 4) is 0 Å². The zero-order valence-electron chi connectivity index (χ0n) is 14.1. The maximum absolute atomic E-state index is 12.9. The van der Waals surface area contributed by atoms with Crippen LogP contribution in [0.2, 0.25) is 0 Å². The molecule has 0 unspecified atom stereocenters. The highest BCUT2D eigenvalue weighted by molar-refractivity contribution is 5.83. The monoisotopic (exact) mass is 343 g/mol. The highest BCUT2D eigenvalue weighted by Crippen LogP contribution is 2.42. The summed E-state index contributed by atoms with van der Waals surface area (Å²) in [6.07, 6.45) is 0.462. The zero-order valence-corrected chi connectivity index (χ0v) is 14.1. The van der Waals surface area contributed by atoms with Crippen LogP contribution < -0.4 is 0 Å². The Kier molecular flexibility index (Phi) is 3.76. The van der Waals surface area contributed by atoms with Gasteiger partial charge in [-0.05, 0) is 25.5 Å². The molecule has 2 aromatic rings. The van der Waals surface area contributed by atoms with Crippen LogP contribution in [0.5, 0.6) is 0 Å². The van der Waals surface area contributed by atoms with Crippen molar-refractivity contribution in [2.45, 2.75) is 19.9 Å². The lowest BCUT2D eigenvalue weighted by molar-refractivity contribution is -0.157. The van der Waals surface area contributed by atoms with Gasteiger partial charge >= 0.3 is 5.97 Å². The van der Waals surface area contributed by atoms with Gasteiger partial charge in [-0.25, -0.2) is 4.98 Å². The summed E-state index contributed by atoms with van der Waals surface area (Å²) in [5.41, 5.74) is 0.916. The smallest absolute Gasteiger partial charge is 0.311 e. The Morgan fingerprint density at radius 3 is 2.96 bits per heavy atom. The number of benzene rings is 1. The summed E-state index contributed by atoms with van der Waals surface area (Å²) in [4.78, 5) is 30.9. The van der Waals surface area contributed by atoms with Crippen LogP contribution in [0.25, 0.3) is 11.0 Å². The van der Waals surface area contributed by atoms with E-state index in [1.165, 1.54) is 0 Å². The molecule has 0 spiro atoms. The standard InChI is InChI=1S/C18H21N3O4/c1-12-19-14-4-2-3-5-15(14)21(12)9-16(22)20-8-13-10-25-7-6-18(13,11-20)17(23)24/h2-5,13H,6-11H2,1H3,(H,23,24)/t13-,18+/m1/s1. The van der Waals surface area contributed by atoms with E-state index in [0.29, 0.717) is 26.2 Å². The number of amides is 1. The zero-order chi connectivity index (χ0) is 17.6. The highest BCUT2D eigenvalue weighted by atomic mass is 16.5. The van der Waals surface area contributed by atoms with Gasteiger partial charge in [0.25, 0.3) is 0 Å². The quantitative estimate of drug-likeness (QED) is 0.908. The minimum absolute atomic E-state index is 0.0683. The van der Waals surface area contributed by atoms with Gasteiger partial charge in [-0.3, -0.25) is 9.59 Å². The molecule has 0 saturated carbocycles. The minimum atomic E-state index is -0.861. The molecule has 2 atom stereocenters. The molecule has 1 N–H and O–H groups in total. The van der Waals surface area contributed by atoms with E-state index < -0.39 is 11.4 Å². The highest BCUT2D eigenvalue weighted by Gasteiger charge is 2.54. The summed E-state index contributed by atoms with van der Waals surface area (Å²) in [5.74, 6) is -0.243. The van der Waals surface area contributed by atoms with Crippen molar-refractivity contribution in [2.75, 3.05) is 26.3 Å². The molecule has 7 heteroatoms. The van der Waals surface area contributed by atoms with Crippen molar-refractivity contribution < 1.29 is 19.4 Å². The first-order chi connectivity index (χ1) is 12.0. The Morgan fingerprint density at radius 2 is 2.20 bits per heavy atom. The third-order valence-electron chi connectivity index (χ3n) is 5.62. The molecule has 1 aromatic carbocycles. The summed E-state index contributed by atoms with van der Waals surface area (Å²) in [6.45, 7) is 3.61. The van der Waals surface area contributed by atoms with Gasteiger partial charge in [-0.2, -0.15) is 0 Å². The van der Waals surface area contributed by atoms with Crippen molar-refractivity contribution in [1.29, 1.82) is 0 Å². The van der Waals surface area contributed by atoms with Crippen LogP contribution in [0.3, 0.4) is 0 Å². The van der Waals surface area contributed by atoms with E-state index in [9.17, 15) is 14.7 Å². The Balaban J connectivity index is 1.57. The van der Waals surface area contributed by atoms with Gasteiger partial charge in [0.2, 0.25) is 5.91 Å². The van der Waals surface area contributed by atoms with E-state index in [1.807, 2.05) is 35.8 Å². The van der Waals surface area contributed by atoms with Crippen molar-refractivity contribution in [3.05, 3.63) is 30.1 Å². The van der Waals surface area contributed by atoms with Crippen molar-refractivity contribution in [3.63, 3.8) is 0 Å². The molecule has 0 aliphatic carbocycles. The fourth-order valence-electron chi connectivity index (χ4n) is 4.12. The first-order valence-corrected chi connectivity index (χ1v) is 8.52. The van der Waals surface area contributed by atoms with E-state index >= 15 is 0 Å². The molecule has 7 nitrogen and oxygen atoms in total. The maximum Gasteiger partial charge on any atom is 0.311 e. The third-order valence-corrected chi connectivity index (χ3v) is 5.62. The predicted molar refractivity (Wildman–Crippen MR) is 90.0 cm³/mol. The number of rotatable bonds is 3. The Hall–Kier alpha value is -2.41.